The number of nitrogens with zero attached hydrogens (tertiary/aromatic N) is 2. The maximum atomic E-state index is 13.2. The molecule has 0 spiro atoms. The van der Waals surface area contributed by atoms with Gasteiger partial charge in [-0.25, -0.2) is 4.99 Å². The van der Waals surface area contributed by atoms with Gasteiger partial charge in [-0.3, -0.25) is 9.78 Å². The van der Waals surface area contributed by atoms with Gasteiger partial charge in [0, 0.05) is 6.20 Å². The van der Waals surface area contributed by atoms with E-state index >= 15 is 0 Å². The highest BCUT2D eigenvalue weighted by atomic mass is 19.4. The smallest absolute Gasteiger partial charge is 0.418 e. The number of alkyl halides is 3. The van der Waals surface area contributed by atoms with Crippen molar-refractivity contribution >= 4 is 11.7 Å². The quantitative estimate of drug-likeness (QED) is 0.179. The average molecular weight is 451 g/mol. The van der Waals surface area contributed by atoms with E-state index in [1.165, 1.54) is 18.5 Å². The number of nitrogens with two attached hydrogens (primary N) is 1. The Kier molecular flexibility index (Phi) is 10.4. The molecule has 0 aliphatic rings. The van der Waals surface area contributed by atoms with Gasteiger partial charge in [-0.15, -0.1) is 0 Å². The molecule has 1 heterocycles. The second kappa shape index (κ2) is 12.5. The Morgan fingerprint density at radius 1 is 1.31 bits per heavy atom. The number of nitrogens with one attached hydrogen (secondary N) is 1. The van der Waals surface area contributed by atoms with Crippen LogP contribution in [0.3, 0.4) is 0 Å². The van der Waals surface area contributed by atoms with E-state index in [1.54, 1.807) is 39.0 Å². The number of pyridine rings is 1. The minimum Gasteiger partial charge on any atom is -0.463 e. The topological polar surface area (TPSA) is 89.6 Å². The molecular weight excluding hydrogens is 421 g/mol. The highest BCUT2D eigenvalue weighted by Gasteiger charge is 2.33. The zero-order valence-corrected chi connectivity index (χ0v) is 18.9. The summed E-state index contributed by atoms with van der Waals surface area (Å²) in [6.45, 7) is 8.59. The number of aliphatic imine (C=N–C) groups is 1. The van der Waals surface area contributed by atoms with Crippen molar-refractivity contribution in [2.24, 2.45) is 10.7 Å². The fourth-order valence-electron chi connectivity index (χ4n) is 2.61. The first-order chi connectivity index (χ1) is 15.1. The maximum Gasteiger partial charge on any atom is 0.418 e. The summed E-state index contributed by atoms with van der Waals surface area (Å²) in [4.78, 5) is 20.9. The number of aromatic nitrogens is 1. The third-order valence-corrected chi connectivity index (χ3v) is 4.07. The fourth-order valence-corrected chi connectivity index (χ4v) is 2.61. The van der Waals surface area contributed by atoms with Crippen molar-refractivity contribution in [1.29, 1.82) is 0 Å². The van der Waals surface area contributed by atoms with E-state index in [2.05, 4.69) is 15.3 Å². The summed E-state index contributed by atoms with van der Waals surface area (Å²) in [6.07, 6.45) is 3.59. The Hall–Kier alpha value is -3.36. The van der Waals surface area contributed by atoms with Gasteiger partial charge in [0.05, 0.1) is 29.6 Å². The first kappa shape index (κ1) is 26.7. The van der Waals surface area contributed by atoms with Crippen LogP contribution in [0.15, 0.2) is 70.4 Å². The highest BCUT2D eigenvalue weighted by molar-refractivity contribution is 6.20. The van der Waals surface area contributed by atoms with E-state index in [9.17, 15) is 18.0 Å². The monoisotopic (exact) mass is 450 g/mol. The van der Waals surface area contributed by atoms with Gasteiger partial charge in [0.25, 0.3) is 5.91 Å². The normalized spacial score (nSPS) is 13.3. The number of hydrogen-bond donors (Lipinski definition) is 2. The molecule has 1 aromatic heterocycles. The van der Waals surface area contributed by atoms with Gasteiger partial charge in [0.2, 0.25) is 0 Å². The van der Waals surface area contributed by atoms with E-state index < -0.39 is 24.2 Å². The summed E-state index contributed by atoms with van der Waals surface area (Å²) < 4.78 is 45.0. The van der Waals surface area contributed by atoms with E-state index in [-0.39, 0.29) is 17.1 Å². The van der Waals surface area contributed by atoms with Gasteiger partial charge in [-0.05, 0) is 57.9 Å². The molecule has 6 nitrogen and oxygen atoms in total. The van der Waals surface area contributed by atoms with Crippen LogP contribution in [-0.4, -0.2) is 16.7 Å². The summed E-state index contributed by atoms with van der Waals surface area (Å²) in [5.74, 6) is -0.289. The van der Waals surface area contributed by atoms with E-state index in [0.29, 0.717) is 17.9 Å². The van der Waals surface area contributed by atoms with Crippen molar-refractivity contribution in [3.8, 4) is 0 Å². The van der Waals surface area contributed by atoms with Crippen LogP contribution in [0.5, 0.6) is 0 Å². The Balaban J connectivity index is 3.19. The third-order valence-electron chi connectivity index (χ3n) is 4.07. The number of carbonyl (C=O) groups excluding carboxylic acids is 1. The van der Waals surface area contributed by atoms with Gasteiger partial charge in [-0.1, -0.05) is 19.1 Å². The summed E-state index contributed by atoms with van der Waals surface area (Å²) in [5, 5.41) is 2.45. The van der Waals surface area contributed by atoms with Gasteiger partial charge >= 0.3 is 6.18 Å². The molecule has 9 heteroatoms. The van der Waals surface area contributed by atoms with E-state index in [4.69, 9.17) is 10.5 Å². The molecule has 1 aromatic rings. The molecule has 0 saturated heterocycles. The highest BCUT2D eigenvalue weighted by Crippen LogP contribution is 2.30. The Bertz CT molecular complexity index is 954. The first-order valence-electron chi connectivity index (χ1n) is 10.0. The van der Waals surface area contributed by atoms with E-state index in [1.807, 2.05) is 13.8 Å². The van der Waals surface area contributed by atoms with Crippen LogP contribution in [0.1, 0.15) is 52.3 Å². The lowest BCUT2D eigenvalue weighted by molar-refractivity contribution is -0.138. The summed E-state index contributed by atoms with van der Waals surface area (Å²) >= 11 is 0. The molecule has 0 aliphatic carbocycles. The second-order valence-electron chi connectivity index (χ2n) is 6.79. The van der Waals surface area contributed by atoms with Crippen LogP contribution in [0.4, 0.5) is 13.2 Å². The minimum atomic E-state index is -4.58. The van der Waals surface area contributed by atoms with Crippen LogP contribution >= 0.6 is 0 Å². The van der Waals surface area contributed by atoms with Crippen molar-refractivity contribution in [2.45, 2.75) is 53.8 Å². The zero-order chi connectivity index (χ0) is 24.3. The predicted octanol–water partition coefficient (Wildman–Crippen LogP) is 5.16. The molecule has 0 bridgehead atoms. The van der Waals surface area contributed by atoms with Crippen LogP contribution in [-0.2, 0) is 22.3 Å². The molecule has 174 valence electrons. The van der Waals surface area contributed by atoms with Crippen LogP contribution in [0.25, 0.3) is 0 Å². The number of amides is 1. The lowest BCUT2D eigenvalue weighted by Crippen LogP contribution is -2.32. The summed E-state index contributed by atoms with van der Waals surface area (Å²) in [7, 11) is 0. The molecule has 0 radical (unpaired) electrons. The summed E-state index contributed by atoms with van der Waals surface area (Å²) in [5.41, 5.74) is 6.22. The molecule has 0 aromatic carbocycles. The molecule has 0 aliphatic heterocycles. The number of halogens is 3. The van der Waals surface area contributed by atoms with Crippen LogP contribution < -0.4 is 11.1 Å². The average Bonchev–Trinajstić information content (AvgIpc) is 2.74. The van der Waals surface area contributed by atoms with Crippen molar-refractivity contribution in [2.75, 3.05) is 0 Å². The lowest BCUT2D eigenvalue weighted by Gasteiger charge is -2.14. The number of carbonyl (C=O) groups is 1. The molecule has 3 N–H and O–H groups in total. The molecule has 1 amide bonds. The number of allylic oxidation sites excluding steroid dienone is 4. The number of rotatable bonds is 9. The first-order valence-corrected chi connectivity index (χ1v) is 10.0. The van der Waals surface area contributed by atoms with Gasteiger partial charge in [0.15, 0.2) is 0 Å². The SMILES string of the molecule is C/C=C\O/C(=C\C)C(N=C(N)/C(=C/CC)C(=O)NCc1ncccc1C(F)(F)F)=C(C)C. The van der Waals surface area contributed by atoms with Crippen molar-refractivity contribution in [1.82, 2.24) is 10.3 Å². The van der Waals surface area contributed by atoms with Gasteiger partial charge in [0.1, 0.15) is 17.3 Å². The molecule has 0 unspecified atom stereocenters. The zero-order valence-electron chi connectivity index (χ0n) is 18.9. The van der Waals surface area contributed by atoms with E-state index in [0.717, 1.165) is 11.6 Å². The van der Waals surface area contributed by atoms with Crippen LogP contribution in [0, 0.1) is 0 Å². The number of amidine groups is 1. The number of ether oxygens (including phenoxy) is 1. The molecule has 0 saturated carbocycles. The van der Waals surface area contributed by atoms with Crippen LogP contribution in [0.2, 0.25) is 0 Å². The number of hydrogen-bond acceptors (Lipinski definition) is 4. The minimum absolute atomic E-state index is 0.0530. The largest absolute Gasteiger partial charge is 0.463 e. The van der Waals surface area contributed by atoms with Crippen molar-refractivity contribution in [3.05, 3.63) is 76.7 Å². The Morgan fingerprint density at radius 2 is 2.00 bits per heavy atom. The molecule has 0 atom stereocenters. The molecule has 0 fully saturated rings. The lowest BCUT2D eigenvalue weighted by atomic mass is 10.1. The summed E-state index contributed by atoms with van der Waals surface area (Å²) in [6, 6.07) is 2.11. The fraction of sp³-hybridized carbons (Fsp3) is 0.348. The Morgan fingerprint density at radius 3 is 2.53 bits per heavy atom. The predicted molar refractivity (Wildman–Crippen MR) is 119 cm³/mol. The molecule has 1 rings (SSSR count). The van der Waals surface area contributed by atoms with Gasteiger partial charge < -0.3 is 15.8 Å². The maximum absolute atomic E-state index is 13.2. The second-order valence-corrected chi connectivity index (χ2v) is 6.79. The standard InChI is InChI=1S/C23H29F3N4O2/c1-6-10-16(21(27)30-20(15(4)5)19(8-3)32-13-7-2)22(31)29-14-18-17(23(24,25)26)11-9-12-28-18/h7-13H,6,14H2,1-5H3,(H2,27,30)(H,29,31)/b13-7-,16-10-,19-8-. The Labute approximate surface area is 186 Å². The van der Waals surface area contributed by atoms with Crippen molar-refractivity contribution < 1.29 is 22.7 Å². The van der Waals surface area contributed by atoms with Gasteiger partial charge in [-0.2, -0.15) is 13.2 Å². The molecule has 32 heavy (non-hydrogen) atoms. The third kappa shape index (κ3) is 7.72. The molecular formula is C23H29F3N4O2. The van der Waals surface area contributed by atoms with Crippen molar-refractivity contribution in [3.63, 3.8) is 0 Å².